The minimum atomic E-state index is -4.85. The second kappa shape index (κ2) is 9.74. The number of ether oxygens (including phenoxy) is 1. The average Bonchev–Trinajstić information content (AvgIpc) is 2.69. The maximum absolute atomic E-state index is 12.9. The monoisotopic (exact) mass is 477 g/mol. The van der Waals surface area contributed by atoms with Crippen LogP contribution < -0.4 is 9.46 Å². The third-order valence-electron chi connectivity index (χ3n) is 4.97. The topological polar surface area (TPSA) is 61.9 Å². The molecule has 11 heteroatoms. The van der Waals surface area contributed by atoms with E-state index in [1.807, 2.05) is 7.05 Å². The van der Waals surface area contributed by atoms with Crippen molar-refractivity contribution in [2.45, 2.75) is 17.3 Å². The Morgan fingerprint density at radius 3 is 2.16 bits per heavy atom. The van der Waals surface area contributed by atoms with Crippen molar-refractivity contribution in [3.63, 3.8) is 0 Å². The quantitative estimate of drug-likeness (QED) is 0.661. The van der Waals surface area contributed by atoms with E-state index in [1.54, 1.807) is 24.3 Å². The molecule has 1 aliphatic heterocycles. The molecule has 0 aromatic heterocycles. The van der Waals surface area contributed by atoms with E-state index < -0.39 is 28.2 Å². The van der Waals surface area contributed by atoms with Gasteiger partial charge in [0.15, 0.2) is 0 Å². The molecule has 2 aromatic rings. The number of halogens is 4. The van der Waals surface area contributed by atoms with Crippen LogP contribution >= 0.6 is 11.6 Å². The normalized spacial score (nSPS) is 17.5. The van der Waals surface area contributed by atoms with Gasteiger partial charge in [-0.15, -0.1) is 13.2 Å². The number of likely N-dealkylation sites (N-methyl/N-ethyl adjacent to an activating group) is 1. The first-order valence-corrected chi connectivity index (χ1v) is 11.4. The standard InChI is InChI=1S/C20H23ClF3N3O3S/c1-26-10-12-27(13-11-26)14-19(15-2-4-16(21)5-3-15)25-31(28,29)18-8-6-17(7-9-18)30-20(22,23)24/h2-9,19,25H,10-14H2,1H3. The van der Waals surface area contributed by atoms with Gasteiger partial charge < -0.3 is 9.64 Å². The Bertz CT molecular complexity index is 962. The summed E-state index contributed by atoms with van der Waals surface area (Å²) in [5.41, 5.74) is 0.740. The summed E-state index contributed by atoms with van der Waals surface area (Å²) in [4.78, 5) is 4.21. The molecule has 1 N–H and O–H groups in total. The van der Waals surface area contributed by atoms with Crippen LogP contribution in [0.5, 0.6) is 5.75 Å². The minimum absolute atomic E-state index is 0.153. The molecule has 1 unspecified atom stereocenters. The van der Waals surface area contributed by atoms with Gasteiger partial charge in [0.25, 0.3) is 0 Å². The largest absolute Gasteiger partial charge is 0.573 e. The summed E-state index contributed by atoms with van der Waals surface area (Å²) in [5.74, 6) is -0.488. The summed E-state index contributed by atoms with van der Waals surface area (Å²) >= 11 is 5.97. The van der Waals surface area contributed by atoms with Gasteiger partial charge in [-0.1, -0.05) is 23.7 Å². The van der Waals surface area contributed by atoms with Gasteiger partial charge in [-0.05, 0) is 49.0 Å². The predicted octanol–water partition coefficient (Wildman–Crippen LogP) is 3.51. The van der Waals surface area contributed by atoms with Gasteiger partial charge in [0.2, 0.25) is 10.0 Å². The zero-order valence-corrected chi connectivity index (χ0v) is 18.3. The van der Waals surface area contributed by atoms with Crippen molar-refractivity contribution >= 4 is 21.6 Å². The number of nitrogens with one attached hydrogen (secondary N) is 1. The summed E-state index contributed by atoms with van der Waals surface area (Å²) in [6, 6.07) is 10.4. The summed E-state index contributed by atoms with van der Waals surface area (Å²) < 4.78 is 69.4. The lowest BCUT2D eigenvalue weighted by Crippen LogP contribution is -2.47. The fourth-order valence-corrected chi connectivity index (χ4v) is 4.61. The van der Waals surface area contributed by atoms with Gasteiger partial charge in [-0.25, -0.2) is 13.1 Å². The first kappa shape index (κ1) is 23.8. The van der Waals surface area contributed by atoms with Crippen LogP contribution in [0.25, 0.3) is 0 Å². The van der Waals surface area contributed by atoms with Crippen LogP contribution in [0.2, 0.25) is 5.02 Å². The average molecular weight is 478 g/mol. The molecule has 3 rings (SSSR count). The third kappa shape index (κ3) is 7.08. The first-order chi connectivity index (χ1) is 14.5. The Kier molecular flexibility index (Phi) is 7.48. The third-order valence-corrected chi connectivity index (χ3v) is 6.71. The van der Waals surface area contributed by atoms with Gasteiger partial charge >= 0.3 is 6.36 Å². The van der Waals surface area contributed by atoms with E-state index in [-0.39, 0.29) is 4.90 Å². The molecule has 0 aliphatic carbocycles. The molecular formula is C20H23ClF3N3O3S. The number of hydrogen-bond acceptors (Lipinski definition) is 5. The van der Waals surface area contributed by atoms with Gasteiger partial charge in [-0.2, -0.15) is 0 Å². The molecule has 1 fully saturated rings. The molecule has 1 heterocycles. The Morgan fingerprint density at radius 2 is 1.61 bits per heavy atom. The smallest absolute Gasteiger partial charge is 0.406 e. The fraction of sp³-hybridized carbons (Fsp3) is 0.400. The lowest BCUT2D eigenvalue weighted by molar-refractivity contribution is -0.274. The molecule has 0 bridgehead atoms. The predicted molar refractivity (Wildman–Crippen MR) is 112 cm³/mol. The molecule has 0 amide bonds. The Hall–Kier alpha value is -1.85. The zero-order valence-electron chi connectivity index (χ0n) is 16.8. The number of hydrogen-bond donors (Lipinski definition) is 1. The molecule has 1 aliphatic rings. The number of nitrogens with zero attached hydrogens (tertiary/aromatic N) is 2. The lowest BCUT2D eigenvalue weighted by Gasteiger charge is -2.35. The SMILES string of the molecule is CN1CCN(CC(NS(=O)(=O)c2ccc(OC(F)(F)F)cc2)c2ccc(Cl)cc2)CC1. The minimum Gasteiger partial charge on any atom is -0.406 e. The van der Waals surface area contributed by atoms with Crippen LogP contribution in [-0.2, 0) is 10.0 Å². The van der Waals surface area contributed by atoms with Crippen molar-refractivity contribution in [1.29, 1.82) is 0 Å². The highest BCUT2D eigenvalue weighted by Crippen LogP contribution is 2.25. The summed E-state index contributed by atoms with van der Waals surface area (Å²) in [7, 11) is -1.97. The van der Waals surface area contributed by atoms with Crippen molar-refractivity contribution in [2.24, 2.45) is 0 Å². The summed E-state index contributed by atoms with van der Waals surface area (Å²) in [6.45, 7) is 3.79. The second-order valence-corrected chi connectivity index (χ2v) is 9.50. The maximum atomic E-state index is 12.9. The molecule has 170 valence electrons. The maximum Gasteiger partial charge on any atom is 0.573 e. The van der Waals surface area contributed by atoms with Crippen LogP contribution in [0, 0.1) is 0 Å². The van der Waals surface area contributed by atoms with Crippen LogP contribution in [0.3, 0.4) is 0 Å². The zero-order chi connectivity index (χ0) is 22.6. The number of piperazine rings is 1. The molecule has 0 radical (unpaired) electrons. The van der Waals surface area contributed by atoms with E-state index in [1.165, 1.54) is 0 Å². The number of sulfonamides is 1. The lowest BCUT2D eigenvalue weighted by atomic mass is 10.1. The molecule has 0 spiro atoms. The van der Waals surface area contributed by atoms with E-state index in [0.29, 0.717) is 11.6 Å². The second-order valence-electron chi connectivity index (χ2n) is 7.35. The van der Waals surface area contributed by atoms with Crippen molar-refractivity contribution in [3.05, 3.63) is 59.1 Å². The summed E-state index contributed by atoms with van der Waals surface area (Å²) in [6.07, 6.45) is -4.85. The molecule has 0 saturated carbocycles. The molecule has 6 nitrogen and oxygen atoms in total. The van der Waals surface area contributed by atoms with Crippen molar-refractivity contribution in [1.82, 2.24) is 14.5 Å². The van der Waals surface area contributed by atoms with Crippen molar-refractivity contribution in [2.75, 3.05) is 39.8 Å². The van der Waals surface area contributed by atoms with E-state index in [0.717, 1.165) is 56.0 Å². The van der Waals surface area contributed by atoms with E-state index >= 15 is 0 Å². The fourth-order valence-electron chi connectivity index (χ4n) is 3.27. The van der Waals surface area contributed by atoms with Crippen LogP contribution in [0.15, 0.2) is 53.4 Å². The Labute approximate surface area is 184 Å². The van der Waals surface area contributed by atoms with Crippen LogP contribution in [0.4, 0.5) is 13.2 Å². The number of alkyl halides is 3. The Morgan fingerprint density at radius 1 is 1.03 bits per heavy atom. The highest BCUT2D eigenvalue weighted by Gasteiger charge is 2.31. The van der Waals surface area contributed by atoms with Gasteiger partial charge in [-0.3, -0.25) is 4.90 Å². The molecule has 1 atom stereocenters. The molecule has 31 heavy (non-hydrogen) atoms. The molecule has 1 saturated heterocycles. The highest BCUT2D eigenvalue weighted by atomic mass is 35.5. The van der Waals surface area contributed by atoms with E-state index in [4.69, 9.17) is 11.6 Å². The van der Waals surface area contributed by atoms with Crippen molar-refractivity contribution in [3.8, 4) is 5.75 Å². The van der Waals surface area contributed by atoms with Crippen LogP contribution in [-0.4, -0.2) is 64.4 Å². The van der Waals surface area contributed by atoms with Gasteiger partial charge in [0.1, 0.15) is 5.75 Å². The Balaban J connectivity index is 1.79. The van der Waals surface area contributed by atoms with Crippen LogP contribution in [0.1, 0.15) is 11.6 Å². The van der Waals surface area contributed by atoms with E-state index in [9.17, 15) is 21.6 Å². The summed E-state index contributed by atoms with van der Waals surface area (Å²) in [5, 5.41) is 0.533. The molecular weight excluding hydrogens is 455 g/mol. The first-order valence-electron chi connectivity index (χ1n) is 9.56. The van der Waals surface area contributed by atoms with E-state index in [2.05, 4.69) is 19.3 Å². The highest BCUT2D eigenvalue weighted by molar-refractivity contribution is 7.89. The van der Waals surface area contributed by atoms with Gasteiger partial charge in [0, 0.05) is 37.7 Å². The number of rotatable bonds is 7. The number of benzene rings is 2. The van der Waals surface area contributed by atoms with Gasteiger partial charge in [0.05, 0.1) is 10.9 Å². The molecule has 2 aromatic carbocycles. The van der Waals surface area contributed by atoms with Crippen molar-refractivity contribution < 1.29 is 26.3 Å².